The lowest BCUT2D eigenvalue weighted by Crippen LogP contribution is -2.07. The summed E-state index contributed by atoms with van der Waals surface area (Å²) in [6.07, 6.45) is 1.74. The Morgan fingerprint density at radius 3 is 2.38 bits per heavy atom. The van der Waals surface area contributed by atoms with E-state index in [1.807, 2.05) is 6.92 Å². The quantitative estimate of drug-likeness (QED) is 0.675. The number of aromatic nitrogens is 3. The van der Waals surface area contributed by atoms with Gasteiger partial charge in [0.05, 0.1) is 6.61 Å². The number of oxazole rings is 1. The topological polar surface area (TPSA) is 115 Å². The molecular formula is C17H19N3O5S. The van der Waals surface area contributed by atoms with Gasteiger partial charge in [-0.2, -0.15) is 9.97 Å². The van der Waals surface area contributed by atoms with Crippen LogP contribution in [0.25, 0.3) is 22.7 Å². The number of phenolic OH excluding ortho intramolecular Hbond substituents is 1. The first kappa shape index (κ1) is 18.1. The Morgan fingerprint density at radius 1 is 1.15 bits per heavy atom. The van der Waals surface area contributed by atoms with Crippen LogP contribution in [0.4, 0.5) is 0 Å². The van der Waals surface area contributed by atoms with Crippen LogP contribution in [-0.2, 0) is 9.84 Å². The molecule has 0 spiro atoms. The number of sulfone groups is 1. The van der Waals surface area contributed by atoms with Gasteiger partial charge in [-0.3, -0.25) is 0 Å². The molecule has 0 fully saturated rings. The van der Waals surface area contributed by atoms with Crippen molar-refractivity contribution in [3.8, 4) is 23.1 Å². The summed E-state index contributed by atoms with van der Waals surface area (Å²) in [5, 5.41) is 9.55. The maximum absolute atomic E-state index is 11.8. The molecule has 3 aromatic rings. The molecule has 0 aliphatic carbocycles. The molecule has 26 heavy (non-hydrogen) atoms. The van der Waals surface area contributed by atoms with Gasteiger partial charge in [0, 0.05) is 11.8 Å². The number of hydrogen-bond donors (Lipinski definition) is 1. The van der Waals surface area contributed by atoms with E-state index in [0.29, 0.717) is 23.3 Å². The molecule has 3 rings (SSSR count). The third-order valence-electron chi connectivity index (χ3n) is 3.72. The maximum Gasteiger partial charge on any atom is 0.255 e. The lowest BCUT2D eigenvalue weighted by Gasteiger charge is -2.04. The normalized spacial score (nSPS) is 11.8. The Kier molecular flexibility index (Phi) is 4.57. The number of aryl methyl sites for hydroxylation is 2. The van der Waals surface area contributed by atoms with Crippen LogP contribution in [0.3, 0.4) is 0 Å². The van der Waals surface area contributed by atoms with Gasteiger partial charge in [-0.05, 0) is 43.5 Å². The summed E-state index contributed by atoms with van der Waals surface area (Å²) in [5.41, 5.74) is 2.27. The molecule has 0 aliphatic rings. The van der Waals surface area contributed by atoms with Gasteiger partial charge in [-0.25, -0.2) is 13.4 Å². The molecule has 0 unspecified atom stereocenters. The summed E-state index contributed by atoms with van der Waals surface area (Å²) in [6.45, 7) is 5.82. The first-order valence-corrected chi connectivity index (χ1v) is 9.92. The van der Waals surface area contributed by atoms with E-state index in [0.717, 1.165) is 12.7 Å². The van der Waals surface area contributed by atoms with Crippen LogP contribution in [0, 0.1) is 13.8 Å². The zero-order valence-corrected chi connectivity index (χ0v) is 15.7. The second-order valence-electron chi connectivity index (χ2n) is 6.06. The number of aromatic hydroxyl groups is 1. The fourth-order valence-electron chi connectivity index (χ4n) is 2.45. The first-order chi connectivity index (χ1) is 12.2. The summed E-state index contributed by atoms with van der Waals surface area (Å²) in [7, 11) is -3.64. The summed E-state index contributed by atoms with van der Waals surface area (Å²) in [4.78, 5) is 12.3. The lowest BCUT2D eigenvalue weighted by molar-refractivity contribution is 0.305. The largest absolute Gasteiger partial charge is 0.507 e. The van der Waals surface area contributed by atoms with E-state index in [9.17, 15) is 13.5 Å². The van der Waals surface area contributed by atoms with Gasteiger partial charge in [0.25, 0.3) is 10.9 Å². The van der Waals surface area contributed by atoms with Gasteiger partial charge in [-0.1, -0.05) is 6.92 Å². The molecule has 0 atom stereocenters. The SMILES string of the molecule is CCCOc1nc(S(C)(=O)=O)nc2oc(-c3cc(C)c(O)c(C)c3)nc12. The van der Waals surface area contributed by atoms with Gasteiger partial charge < -0.3 is 14.3 Å². The van der Waals surface area contributed by atoms with E-state index in [1.165, 1.54) is 0 Å². The Morgan fingerprint density at radius 2 is 1.81 bits per heavy atom. The van der Waals surface area contributed by atoms with Gasteiger partial charge in [0.1, 0.15) is 5.75 Å². The van der Waals surface area contributed by atoms with Crippen molar-refractivity contribution >= 4 is 21.1 Å². The highest BCUT2D eigenvalue weighted by atomic mass is 32.2. The van der Waals surface area contributed by atoms with E-state index in [2.05, 4.69) is 15.0 Å². The number of benzene rings is 1. The average molecular weight is 377 g/mol. The van der Waals surface area contributed by atoms with E-state index < -0.39 is 9.84 Å². The molecule has 1 aromatic carbocycles. The number of ether oxygens (including phenoxy) is 1. The number of nitrogens with zero attached hydrogens (tertiary/aromatic N) is 3. The molecule has 2 aromatic heterocycles. The summed E-state index contributed by atoms with van der Waals surface area (Å²) >= 11 is 0. The summed E-state index contributed by atoms with van der Waals surface area (Å²) < 4.78 is 34.9. The fourth-order valence-corrected chi connectivity index (χ4v) is 2.94. The number of fused-ring (bicyclic) bond motifs is 1. The monoisotopic (exact) mass is 377 g/mol. The first-order valence-electron chi connectivity index (χ1n) is 8.02. The average Bonchev–Trinajstić information content (AvgIpc) is 3.00. The minimum Gasteiger partial charge on any atom is -0.507 e. The van der Waals surface area contributed by atoms with Crippen molar-refractivity contribution in [2.45, 2.75) is 32.3 Å². The van der Waals surface area contributed by atoms with Crippen LogP contribution in [-0.4, -0.2) is 41.3 Å². The molecule has 0 aliphatic heterocycles. The Hall–Kier alpha value is -2.68. The highest BCUT2D eigenvalue weighted by Crippen LogP contribution is 2.32. The molecule has 0 saturated heterocycles. The third-order valence-corrected chi connectivity index (χ3v) is 4.56. The predicted octanol–water partition coefficient (Wildman–Crippen LogP) is 2.80. The van der Waals surface area contributed by atoms with Crippen molar-refractivity contribution in [1.82, 2.24) is 15.0 Å². The van der Waals surface area contributed by atoms with Crippen molar-refractivity contribution in [2.24, 2.45) is 0 Å². The lowest BCUT2D eigenvalue weighted by atomic mass is 10.1. The Bertz CT molecular complexity index is 1070. The fraction of sp³-hybridized carbons (Fsp3) is 0.353. The Balaban J connectivity index is 2.21. The molecule has 9 heteroatoms. The van der Waals surface area contributed by atoms with Gasteiger partial charge in [0.15, 0.2) is 5.52 Å². The number of hydrogen-bond acceptors (Lipinski definition) is 8. The van der Waals surface area contributed by atoms with Crippen molar-refractivity contribution < 1.29 is 22.7 Å². The van der Waals surface area contributed by atoms with Gasteiger partial charge in [-0.15, -0.1) is 0 Å². The highest BCUT2D eigenvalue weighted by molar-refractivity contribution is 7.90. The van der Waals surface area contributed by atoms with Crippen molar-refractivity contribution in [2.75, 3.05) is 12.9 Å². The van der Waals surface area contributed by atoms with Crippen molar-refractivity contribution in [3.63, 3.8) is 0 Å². The molecule has 1 N–H and O–H groups in total. The standard InChI is InChI=1S/C17H19N3O5S/c1-5-6-24-15-12-16(20-17(19-15)26(4,22)23)25-14(18-12)11-7-9(2)13(21)10(3)8-11/h7-8,21H,5-6H2,1-4H3. The van der Waals surface area contributed by atoms with Crippen LogP contribution < -0.4 is 4.74 Å². The van der Waals surface area contributed by atoms with Crippen LogP contribution in [0.15, 0.2) is 21.7 Å². The van der Waals surface area contributed by atoms with Gasteiger partial charge in [0.2, 0.25) is 21.6 Å². The van der Waals surface area contributed by atoms with Crippen molar-refractivity contribution in [1.29, 1.82) is 0 Å². The Labute approximate surface area is 150 Å². The zero-order valence-electron chi connectivity index (χ0n) is 14.9. The highest BCUT2D eigenvalue weighted by Gasteiger charge is 2.22. The maximum atomic E-state index is 11.8. The second-order valence-corrected chi connectivity index (χ2v) is 7.97. The van der Waals surface area contributed by atoms with Gasteiger partial charge >= 0.3 is 0 Å². The van der Waals surface area contributed by atoms with E-state index in [-0.39, 0.29) is 33.9 Å². The second kappa shape index (κ2) is 6.56. The summed E-state index contributed by atoms with van der Waals surface area (Å²) in [5.74, 6) is 0.517. The number of phenols is 1. The van der Waals surface area contributed by atoms with E-state index in [4.69, 9.17) is 9.15 Å². The molecule has 2 heterocycles. The summed E-state index contributed by atoms with van der Waals surface area (Å²) in [6, 6.07) is 3.45. The molecule has 0 amide bonds. The minimum atomic E-state index is -3.64. The van der Waals surface area contributed by atoms with Crippen LogP contribution in [0.1, 0.15) is 24.5 Å². The molecule has 138 valence electrons. The minimum absolute atomic E-state index is 0.0323. The molecule has 8 nitrogen and oxygen atoms in total. The van der Waals surface area contributed by atoms with Crippen LogP contribution >= 0.6 is 0 Å². The molecule has 0 radical (unpaired) electrons. The smallest absolute Gasteiger partial charge is 0.255 e. The third kappa shape index (κ3) is 3.34. The molecule has 0 bridgehead atoms. The van der Waals surface area contributed by atoms with E-state index >= 15 is 0 Å². The predicted molar refractivity (Wildman–Crippen MR) is 95.1 cm³/mol. The number of rotatable bonds is 5. The molecular weight excluding hydrogens is 358 g/mol. The van der Waals surface area contributed by atoms with E-state index in [1.54, 1.807) is 26.0 Å². The molecule has 0 saturated carbocycles. The zero-order chi connectivity index (χ0) is 19.1. The van der Waals surface area contributed by atoms with Crippen LogP contribution in [0.2, 0.25) is 0 Å². The van der Waals surface area contributed by atoms with Crippen molar-refractivity contribution in [3.05, 3.63) is 23.3 Å². The van der Waals surface area contributed by atoms with Crippen LogP contribution in [0.5, 0.6) is 11.6 Å².